The topological polar surface area (TPSA) is 26.3 Å². The van der Waals surface area contributed by atoms with Crippen LogP contribution in [0.1, 0.15) is 30.6 Å². The molecule has 0 aliphatic carbocycles. The predicted molar refractivity (Wildman–Crippen MR) is 94.8 cm³/mol. The van der Waals surface area contributed by atoms with E-state index < -0.39 is 19.4 Å². The molecule has 0 aliphatic rings. The summed E-state index contributed by atoms with van der Waals surface area (Å²) in [5.74, 6) is -3.60. The van der Waals surface area contributed by atoms with Gasteiger partial charge < -0.3 is 4.74 Å². The smallest absolute Gasteiger partial charge is 0.416 e. The monoisotopic (exact) mass is 368 g/mol. The summed E-state index contributed by atoms with van der Waals surface area (Å²) >= 11 is 0. The zero-order chi connectivity index (χ0) is 18.4. The quantitative estimate of drug-likeness (QED) is 0.597. The Hall–Kier alpha value is -1.87. The summed E-state index contributed by atoms with van der Waals surface area (Å²) in [4.78, 5) is 12.4. The number of alkyl halides is 3. The molecular formula is C19H20F3O2P. The molecule has 1 atom stereocenters. The number of hydrogen-bond donors (Lipinski definition) is 0. The van der Waals surface area contributed by atoms with Crippen molar-refractivity contribution in [3.05, 3.63) is 60.2 Å². The van der Waals surface area contributed by atoms with Crippen molar-refractivity contribution in [3.63, 3.8) is 0 Å². The lowest BCUT2D eigenvalue weighted by atomic mass is 10.1. The second-order valence-electron chi connectivity index (χ2n) is 6.00. The number of carbonyl (C=O) groups is 1. The molecule has 0 fully saturated rings. The maximum atomic E-state index is 13.5. The van der Waals surface area contributed by atoms with Gasteiger partial charge in [-0.15, -0.1) is 0 Å². The highest BCUT2D eigenvalue weighted by Crippen LogP contribution is 2.54. The molecule has 0 spiro atoms. The van der Waals surface area contributed by atoms with Crippen LogP contribution in [-0.4, -0.2) is 18.0 Å². The lowest BCUT2D eigenvalue weighted by Gasteiger charge is -2.20. The Labute approximate surface area is 146 Å². The molecule has 2 rings (SSSR count). The van der Waals surface area contributed by atoms with Gasteiger partial charge in [-0.05, 0) is 29.8 Å². The summed E-state index contributed by atoms with van der Waals surface area (Å²) in [6, 6.07) is 13.3. The third kappa shape index (κ3) is 5.57. The van der Waals surface area contributed by atoms with Crippen LogP contribution in [0.3, 0.4) is 0 Å². The van der Waals surface area contributed by atoms with Crippen molar-refractivity contribution < 1.29 is 22.7 Å². The summed E-state index contributed by atoms with van der Waals surface area (Å²) in [7, 11) is -2.96. The van der Waals surface area contributed by atoms with Gasteiger partial charge in [-0.25, -0.2) is 0 Å². The van der Waals surface area contributed by atoms with E-state index in [2.05, 4.69) is 13.8 Å². The van der Waals surface area contributed by atoms with Gasteiger partial charge in [-0.1, -0.05) is 56.3 Å². The van der Waals surface area contributed by atoms with Crippen LogP contribution in [0.4, 0.5) is 13.2 Å². The van der Waals surface area contributed by atoms with Gasteiger partial charge >= 0.3 is 5.92 Å². The van der Waals surface area contributed by atoms with Crippen LogP contribution < -0.4 is 10.0 Å². The Bertz CT molecular complexity index is 682. The van der Waals surface area contributed by atoms with Gasteiger partial charge in [0, 0.05) is 5.56 Å². The predicted octanol–water partition coefficient (Wildman–Crippen LogP) is 5.58. The van der Waals surface area contributed by atoms with Crippen molar-refractivity contribution in [1.29, 1.82) is 0 Å². The average molecular weight is 368 g/mol. The summed E-state index contributed by atoms with van der Waals surface area (Å²) in [5, 5.41) is -0.0208. The molecule has 2 nitrogen and oxygen atoms in total. The number of carbonyl (C=O) groups excluding carboxylic acids is 1. The number of benzene rings is 2. The molecule has 6 heteroatoms. The van der Waals surface area contributed by atoms with Gasteiger partial charge in [0.05, 0.1) is 6.61 Å². The van der Waals surface area contributed by atoms with Crippen LogP contribution >= 0.6 is 7.92 Å². The van der Waals surface area contributed by atoms with Crippen molar-refractivity contribution in [2.45, 2.75) is 26.2 Å². The highest BCUT2D eigenvalue weighted by atomic mass is 31.1. The van der Waals surface area contributed by atoms with E-state index in [-0.39, 0.29) is 10.9 Å². The number of halogens is 3. The molecule has 0 saturated carbocycles. The van der Waals surface area contributed by atoms with E-state index in [1.807, 2.05) is 0 Å². The molecule has 0 radical (unpaired) electrons. The van der Waals surface area contributed by atoms with Crippen LogP contribution in [0.5, 0.6) is 5.75 Å². The zero-order valence-electron chi connectivity index (χ0n) is 14.1. The molecule has 0 amide bonds. The molecule has 2 aromatic carbocycles. The number of ether oxygens (including phenoxy) is 1. The van der Waals surface area contributed by atoms with Gasteiger partial charge in [0.1, 0.15) is 13.7 Å². The van der Waals surface area contributed by atoms with E-state index in [1.54, 1.807) is 18.2 Å². The van der Waals surface area contributed by atoms with E-state index in [0.717, 1.165) is 6.42 Å². The van der Waals surface area contributed by atoms with Crippen molar-refractivity contribution in [2.24, 2.45) is 5.92 Å². The summed E-state index contributed by atoms with van der Waals surface area (Å²) in [6.07, 6.45) is 0.865. The molecule has 134 valence electrons. The van der Waals surface area contributed by atoms with E-state index in [9.17, 15) is 18.0 Å². The SMILES string of the molecule is CC(C)CCOc1ccc(P(C(=O)c2ccccc2)C(F)(F)F)cc1. The first-order valence-electron chi connectivity index (χ1n) is 7.98. The fourth-order valence-corrected chi connectivity index (χ4v) is 3.80. The van der Waals surface area contributed by atoms with Gasteiger partial charge in [-0.2, -0.15) is 13.2 Å². The molecule has 1 unspecified atom stereocenters. The van der Waals surface area contributed by atoms with Gasteiger partial charge in [0.2, 0.25) is 0 Å². The van der Waals surface area contributed by atoms with E-state index in [0.29, 0.717) is 18.3 Å². The van der Waals surface area contributed by atoms with E-state index in [4.69, 9.17) is 4.74 Å². The standard InChI is InChI=1S/C19H20F3O2P/c1-14(2)12-13-24-16-8-10-17(11-9-16)25(19(20,21)22)18(23)15-6-4-3-5-7-15/h3-11,14H,12-13H2,1-2H3. The van der Waals surface area contributed by atoms with Crippen LogP contribution in [0.25, 0.3) is 0 Å². The largest absolute Gasteiger partial charge is 0.494 e. The first-order valence-corrected chi connectivity index (χ1v) is 9.32. The van der Waals surface area contributed by atoms with Crippen LogP contribution in [0.2, 0.25) is 0 Å². The average Bonchev–Trinajstić information content (AvgIpc) is 2.55. The van der Waals surface area contributed by atoms with Crippen molar-refractivity contribution >= 4 is 18.8 Å². The Morgan fingerprint density at radius 1 is 1.04 bits per heavy atom. The van der Waals surface area contributed by atoms with Crippen molar-refractivity contribution in [3.8, 4) is 5.75 Å². The maximum absolute atomic E-state index is 13.5. The molecule has 0 aliphatic heterocycles. The first kappa shape index (κ1) is 19.5. The molecule has 0 saturated heterocycles. The second kappa shape index (κ2) is 8.48. The minimum absolute atomic E-state index is 0.0208. The minimum atomic E-state index is -4.59. The molecule has 0 heterocycles. The van der Waals surface area contributed by atoms with Crippen molar-refractivity contribution in [2.75, 3.05) is 6.61 Å². The fraction of sp³-hybridized carbons (Fsp3) is 0.316. The second-order valence-corrected chi connectivity index (χ2v) is 8.10. The Kier molecular flexibility index (Phi) is 6.60. The summed E-state index contributed by atoms with van der Waals surface area (Å²) in [5.41, 5.74) is -0.820. The van der Waals surface area contributed by atoms with Crippen LogP contribution in [0, 0.1) is 5.92 Å². The Morgan fingerprint density at radius 3 is 2.16 bits per heavy atom. The third-order valence-corrected chi connectivity index (χ3v) is 5.52. The van der Waals surface area contributed by atoms with Gasteiger partial charge in [-0.3, -0.25) is 4.79 Å². The zero-order valence-corrected chi connectivity index (χ0v) is 15.0. The number of rotatable bonds is 7. The Morgan fingerprint density at radius 2 is 1.64 bits per heavy atom. The fourth-order valence-electron chi connectivity index (χ4n) is 2.19. The van der Waals surface area contributed by atoms with Crippen LogP contribution in [-0.2, 0) is 0 Å². The molecular weight excluding hydrogens is 348 g/mol. The van der Waals surface area contributed by atoms with E-state index in [1.165, 1.54) is 36.4 Å². The summed E-state index contributed by atoms with van der Waals surface area (Å²) in [6.45, 7) is 4.64. The minimum Gasteiger partial charge on any atom is -0.494 e. The third-order valence-electron chi connectivity index (χ3n) is 3.54. The van der Waals surface area contributed by atoms with Crippen LogP contribution in [0.15, 0.2) is 54.6 Å². The maximum Gasteiger partial charge on any atom is 0.416 e. The molecule has 0 aromatic heterocycles. The normalized spacial score (nSPS) is 12.9. The lowest BCUT2D eigenvalue weighted by molar-refractivity contribution is -0.0384. The van der Waals surface area contributed by atoms with Gasteiger partial charge in [0.15, 0.2) is 5.52 Å². The highest BCUT2D eigenvalue weighted by molar-refractivity contribution is 7.82. The molecule has 25 heavy (non-hydrogen) atoms. The molecule has 0 bridgehead atoms. The first-order chi connectivity index (χ1) is 11.8. The van der Waals surface area contributed by atoms with Crippen molar-refractivity contribution in [1.82, 2.24) is 0 Å². The number of hydrogen-bond acceptors (Lipinski definition) is 2. The molecule has 2 aromatic rings. The lowest BCUT2D eigenvalue weighted by Crippen LogP contribution is -2.21. The van der Waals surface area contributed by atoms with E-state index >= 15 is 0 Å². The Balaban J connectivity index is 2.20. The van der Waals surface area contributed by atoms with Gasteiger partial charge in [0.25, 0.3) is 0 Å². The highest BCUT2D eigenvalue weighted by Gasteiger charge is 2.46. The molecule has 0 N–H and O–H groups in total. The summed E-state index contributed by atoms with van der Waals surface area (Å²) < 4.78 is 46.1.